The van der Waals surface area contributed by atoms with Gasteiger partial charge in [-0.3, -0.25) is 9.59 Å². The van der Waals surface area contributed by atoms with Crippen LogP contribution in [-0.2, 0) is 0 Å². The molecule has 0 saturated carbocycles. The Morgan fingerprint density at radius 1 is 0.632 bits per heavy atom. The molecule has 5 aromatic carbocycles. The van der Waals surface area contributed by atoms with E-state index >= 15 is 0 Å². The fourth-order valence-electron chi connectivity index (χ4n) is 4.69. The molecular weight excluding hydrogens is 495 g/mol. The normalized spacial score (nSPS) is 11.1. The summed E-state index contributed by atoms with van der Waals surface area (Å²) < 4.78 is 16.9. The third-order valence-corrected chi connectivity index (χ3v) is 8.54. The van der Waals surface area contributed by atoms with E-state index in [1.807, 2.05) is 79.7 Å². The first-order chi connectivity index (χ1) is 18.6. The van der Waals surface area contributed by atoms with E-state index in [2.05, 4.69) is 0 Å². The smallest absolute Gasteiger partial charge is 0.200 e. The molecule has 38 heavy (non-hydrogen) atoms. The fourth-order valence-corrected chi connectivity index (χ4v) is 6.70. The predicted octanol–water partition coefficient (Wildman–Crippen LogP) is 7.20. The second kappa shape index (κ2) is 11.0. The maximum absolute atomic E-state index is 14.6. The van der Waals surface area contributed by atoms with Gasteiger partial charge in [-0.05, 0) is 70.2 Å². The van der Waals surface area contributed by atoms with Gasteiger partial charge in [0.2, 0.25) is 11.0 Å². The summed E-state index contributed by atoms with van der Waals surface area (Å²) in [5, 5.41) is 3.91. The second-order valence-corrected chi connectivity index (χ2v) is 10.6. The van der Waals surface area contributed by atoms with Crippen LogP contribution in [0.1, 0.15) is 27.6 Å². The maximum Gasteiger partial charge on any atom is 0.200 e. The molecule has 0 unspecified atom stereocenters. The van der Waals surface area contributed by atoms with Crippen LogP contribution in [0.15, 0.2) is 97.1 Å². The molecule has 0 aliphatic rings. The largest absolute Gasteiger partial charge is 0.496 e. The van der Waals surface area contributed by atoms with Crippen LogP contribution in [0.3, 0.4) is 0 Å². The molecule has 0 aliphatic heterocycles. The van der Waals surface area contributed by atoms with E-state index in [-0.39, 0.29) is 11.0 Å². The fraction of sp³-hybridized carbons (Fsp3) is 0.125. The second-order valence-electron chi connectivity index (χ2n) is 8.60. The minimum absolute atomic E-state index is 0.280. The van der Waals surface area contributed by atoms with E-state index in [9.17, 15) is 9.59 Å². The van der Waals surface area contributed by atoms with Crippen LogP contribution in [-0.4, -0.2) is 31.9 Å². The van der Waals surface area contributed by atoms with Crippen molar-refractivity contribution in [2.24, 2.45) is 0 Å². The van der Waals surface area contributed by atoms with Crippen molar-refractivity contribution in [2.75, 3.05) is 20.8 Å². The maximum atomic E-state index is 14.6. The number of carbonyl (C=O) groups is 2. The molecule has 6 heteroatoms. The summed E-state index contributed by atoms with van der Waals surface area (Å²) in [5.74, 6) is 1.55. The molecule has 0 bridgehead atoms. The van der Waals surface area contributed by atoms with Gasteiger partial charge in [0.15, 0.2) is 0 Å². The SMILES string of the molecule is CCOc1ccc(P(C(=O)c2c(OC)ccc3ccccc23)C(=O)c2c(OC)ccc3ccccc23)cc1. The number of hydrogen-bond acceptors (Lipinski definition) is 5. The first kappa shape index (κ1) is 25.4. The van der Waals surface area contributed by atoms with Gasteiger partial charge in [0.25, 0.3) is 0 Å². The minimum Gasteiger partial charge on any atom is -0.496 e. The van der Waals surface area contributed by atoms with E-state index in [4.69, 9.17) is 14.2 Å². The molecule has 0 spiro atoms. The van der Waals surface area contributed by atoms with Crippen molar-refractivity contribution in [3.05, 3.63) is 108 Å². The summed E-state index contributed by atoms with van der Waals surface area (Å²) in [6, 6.07) is 29.9. The number of rotatable bonds is 9. The Bertz CT molecular complexity index is 1540. The summed E-state index contributed by atoms with van der Waals surface area (Å²) in [6.45, 7) is 2.43. The molecular formula is C32H27O5P. The first-order valence-electron chi connectivity index (χ1n) is 12.3. The molecule has 0 N–H and O–H groups in total. The summed E-state index contributed by atoms with van der Waals surface area (Å²) in [5.41, 5.74) is 0.242. The Kier molecular flexibility index (Phi) is 7.39. The van der Waals surface area contributed by atoms with Gasteiger partial charge in [-0.1, -0.05) is 60.7 Å². The molecule has 0 saturated heterocycles. The Labute approximate surface area is 222 Å². The summed E-state index contributed by atoms with van der Waals surface area (Å²) >= 11 is 0. The lowest BCUT2D eigenvalue weighted by Gasteiger charge is -2.21. The highest BCUT2D eigenvalue weighted by Gasteiger charge is 2.35. The highest BCUT2D eigenvalue weighted by Crippen LogP contribution is 2.48. The first-order valence-corrected chi connectivity index (χ1v) is 13.6. The molecule has 5 rings (SSSR count). The van der Waals surface area contributed by atoms with E-state index in [0.717, 1.165) is 21.5 Å². The molecule has 190 valence electrons. The zero-order valence-corrected chi connectivity index (χ0v) is 22.3. The molecule has 0 radical (unpaired) electrons. The third kappa shape index (κ3) is 4.62. The van der Waals surface area contributed by atoms with Crippen LogP contribution in [0.4, 0.5) is 0 Å². The zero-order valence-electron chi connectivity index (χ0n) is 21.4. The number of fused-ring (bicyclic) bond motifs is 2. The lowest BCUT2D eigenvalue weighted by atomic mass is 10.0. The number of hydrogen-bond donors (Lipinski definition) is 0. The topological polar surface area (TPSA) is 61.8 Å². The van der Waals surface area contributed by atoms with E-state index < -0.39 is 7.92 Å². The van der Waals surface area contributed by atoms with E-state index in [0.29, 0.717) is 40.3 Å². The summed E-state index contributed by atoms with van der Waals surface area (Å²) in [7, 11) is 1.04. The quantitative estimate of drug-likeness (QED) is 0.192. The van der Waals surface area contributed by atoms with Crippen molar-refractivity contribution in [1.29, 1.82) is 0 Å². The molecule has 0 fully saturated rings. The van der Waals surface area contributed by atoms with Gasteiger partial charge < -0.3 is 14.2 Å². The Morgan fingerprint density at radius 3 is 1.55 bits per heavy atom. The average molecular weight is 523 g/mol. The van der Waals surface area contributed by atoms with Gasteiger partial charge in [0.05, 0.1) is 39.9 Å². The van der Waals surface area contributed by atoms with Crippen LogP contribution >= 0.6 is 7.92 Å². The van der Waals surface area contributed by atoms with Crippen LogP contribution in [0.25, 0.3) is 21.5 Å². The lowest BCUT2D eigenvalue weighted by Crippen LogP contribution is -2.18. The summed E-state index contributed by atoms with van der Waals surface area (Å²) in [4.78, 5) is 29.1. The van der Waals surface area contributed by atoms with E-state index in [1.54, 1.807) is 24.3 Å². The van der Waals surface area contributed by atoms with Gasteiger partial charge in [-0.15, -0.1) is 0 Å². The van der Waals surface area contributed by atoms with Crippen molar-refractivity contribution in [1.82, 2.24) is 0 Å². The van der Waals surface area contributed by atoms with Crippen LogP contribution in [0.5, 0.6) is 17.2 Å². The zero-order chi connectivity index (χ0) is 26.6. The monoisotopic (exact) mass is 522 g/mol. The van der Waals surface area contributed by atoms with Crippen molar-refractivity contribution >= 4 is 45.8 Å². The molecule has 0 heterocycles. The molecule has 0 aromatic heterocycles. The van der Waals surface area contributed by atoms with Crippen molar-refractivity contribution in [3.8, 4) is 17.2 Å². The van der Waals surface area contributed by atoms with Crippen molar-refractivity contribution in [2.45, 2.75) is 6.92 Å². The number of carbonyl (C=O) groups excluding carboxylic acids is 2. The average Bonchev–Trinajstić information content (AvgIpc) is 2.96. The molecule has 5 aromatic rings. The molecule has 0 amide bonds. The van der Waals surface area contributed by atoms with Crippen molar-refractivity contribution in [3.63, 3.8) is 0 Å². The summed E-state index contributed by atoms with van der Waals surface area (Å²) in [6.07, 6.45) is 0. The Hall–Kier alpha value is -4.21. The standard InChI is InChI=1S/C32H27O5P/c1-4-37-23-15-17-24(18-16-23)38(31(33)29-25-11-7-5-9-21(25)13-19-27(29)35-2)32(34)30-26-12-8-6-10-22(26)14-20-28(30)36-3/h5-20H,4H2,1-3H3. The van der Waals surface area contributed by atoms with Gasteiger partial charge in [-0.2, -0.15) is 0 Å². The van der Waals surface area contributed by atoms with Gasteiger partial charge in [0.1, 0.15) is 17.2 Å². The number of methoxy groups -OCH3 is 2. The third-order valence-electron chi connectivity index (χ3n) is 6.46. The number of ether oxygens (including phenoxy) is 3. The predicted molar refractivity (Wildman–Crippen MR) is 154 cm³/mol. The molecule has 5 nitrogen and oxygen atoms in total. The lowest BCUT2D eigenvalue weighted by molar-refractivity contribution is 0.105. The van der Waals surface area contributed by atoms with Gasteiger partial charge in [0, 0.05) is 0 Å². The molecule has 0 atom stereocenters. The van der Waals surface area contributed by atoms with Gasteiger partial charge >= 0.3 is 0 Å². The highest BCUT2D eigenvalue weighted by molar-refractivity contribution is 7.96. The van der Waals surface area contributed by atoms with Crippen molar-refractivity contribution < 1.29 is 23.8 Å². The highest BCUT2D eigenvalue weighted by atomic mass is 31.1. The molecule has 0 aliphatic carbocycles. The van der Waals surface area contributed by atoms with Gasteiger partial charge in [-0.25, -0.2) is 0 Å². The van der Waals surface area contributed by atoms with Crippen LogP contribution in [0, 0.1) is 0 Å². The Balaban J connectivity index is 1.75. The van der Waals surface area contributed by atoms with E-state index in [1.165, 1.54) is 14.2 Å². The van der Waals surface area contributed by atoms with Crippen LogP contribution in [0.2, 0.25) is 0 Å². The minimum atomic E-state index is -2.04. The van der Waals surface area contributed by atoms with Crippen LogP contribution < -0.4 is 19.5 Å². The Morgan fingerprint density at radius 2 is 1.11 bits per heavy atom. The number of benzene rings is 5.